The number of anilines is 3. The largest absolute Gasteiger partial charge is 0.333 e. The van der Waals surface area contributed by atoms with Crippen LogP contribution in [0.5, 0.6) is 0 Å². The molecule has 2 amide bonds. The number of benzene rings is 3. The number of carbonyl (C=O) groups excluding carboxylic acids is 1. The molecule has 0 aromatic heterocycles. The van der Waals surface area contributed by atoms with Gasteiger partial charge in [0.2, 0.25) is 0 Å². The first kappa shape index (κ1) is 14.5. The number of amides is 2. The Labute approximate surface area is 141 Å². The summed E-state index contributed by atoms with van der Waals surface area (Å²) in [5.74, 6) is 0. The van der Waals surface area contributed by atoms with E-state index < -0.39 is 0 Å². The van der Waals surface area contributed by atoms with Gasteiger partial charge in [0.25, 0.3) is 0 Å². The van der Waals surface area contributed by atoms with Gasteiger partial charge in [0.15, 0.2) is 0 Å². The van der Waals surface area contributed by atoms with Gasteiger partial charge in [0, 0.05) is 12.2 Å². The zero-order valence-electron chi connectivity index (χ0n) is 13.3. The van der Waals surface area contributed by atoms with Crippen LogP contribution in [0.3, 0.4) is 0 Å². The van der Waals surface area contributed by atoms with Crippen molar-refractivity contribution in [2.45, 2.75) is 6.42 Å². The molecule has 24 heavy (non-hydrogen) atoms. The molecule has 0 saturated heterocycles. The molecule has 0 fully saturated rings. The van der Waals surface area contributed by atoms with Crippen LogP contribution < -0.4 is 9.80 Å². The molecule has 0 spiro atoms. The quantitative estimate of drug-likeness (QED) is 0.652. The molecular formula is C21H18N2O. The summed E-state index contributed by atoms with van der Waals surface area (Å²) in [5, 5.41) is 0. The van der Waals surface area contributed by atoms with E-state index in [-0.39, 0.29) is 6.03 Å². The standard InChI is InChI=1S/C21H18N2O/c24-21(22-16-15-17-9-7-8-14-20(17)22)23(18-10-3-1-4-11-18)19-12-5-2-6-13-19/h1-14H,15-16H2. The molecule has 1 aliphatic heterocycles. The molecule has 3 nitrogen and oxygen atoms in total. The van der Waals surface area contributed by atoms with Crippen molar-refractivity contribution < 1.29 is 4.79 Å². The fraction of sp³-hybridized carbons (Fsp3) is 0.0952. The van der Waals surface area contributed by atoms with Gasteiger partial charge in [-0.3, -0.25) is 9.80 Å². The van der Waals surface area contributed by atoms with E-state index in [9.17, 15) is 4.79 Å². The van der Waals surface area contributed by atoms with Crippen LogP contribution in [0.4, 0.5) is 21.9 Å². The van der Waals surface area contributed by atoms with Gasteiger partial charge in [0.05, 0.1) is 11.4 Å². The van der Waals surface area contributed by atoms with Crippen LogP contribution >= 0.6 is 0 Å². The normalized spacial score (nSPS) is 12.8. The molecule has 1 heterocycles. The molecule has 0 unspecified atom stereocenters. The Balaban J connectivity index is 1.76. The van der Waals surface area contributed by atoms with Gasteiger partial charge in [-0.1, -0.05) is 54.6 Å². The molecule has 0 saturated carbocycles. The summed E-state index contributed by atoms with van der Waals surface area (Å²) in [4.78, 5) is 17.0. The molecule has 0 N–H and O–H groups in total. The van der Waals surface area contributed by atoms with E-state index in [1.165, 1.54) is 5.56 Å². The third kappa shape index (κ3) is 2.54. The molecule has 1 aliphatic rings. The molecule has 0 bridgehead atoms. The molecular weight excluding hydrogens is 296 g/mol. The van der Waals surface area contributed by atoms with E-state index in [0.717, 1.165) is 23.5 Å². The first-order valence-electron chi connectivity index (χ1n) is 8.14. The number of rotatable bonds is 2. The van der Waals surface area contributed by atoms with E-state index in [4.69, 9.17) is 0 Å². The summed E-state index contributed by atoms with van der Waals surface area (Å²) >= 11 is 0. The van der Waals surface area contributed by atoms with Crippen molar-refractivity contribution in [1.82, 2.24) is 0 Å². The number of hydrogen-bond acceptors (Lipinski definition) is 1. The number of nitrogens with zero attached hydrogens (tertiary/aromatic N) is 2. The third-order valence-corrected chi connectivity index (χ3v) is 4.34. The van der Waals surface area contributed by atoms with Crippen molar-refractivity contribution >= 4 is 23.1 Å². The monoisotopic (exact) mass is 314 g/mol. The molecule has 3 aromatic carbocycles. The lowest BCUT2D eigenvalue weighted by molar-refractivity contribution is 0.254. The zero-order chi connectivity index (χ0) is 16.4. The summed E-state index contributed by atoms with van der Waals surface area (Å²) < 4.78 is 0. The second-order valence-electron chi connectivity index (χ2n) is 5.82. The zero-order valence-corrected chi connectivity index (χ0v) is 13.3. The van der Waals surface area contributed by atoms with E-state index >= 15 is 0 Å². The van der Waals surface area contributed by atoms with Crippen LogP contribution in [0.15, 0.2) is 84.9 Å². The van der Waals surface area contributed by atoms with Crippen LogP contribution in [-0.2, 0) is 6.42 Å². The van der Waals surface area contributed by atoms with Gasteiger partial charge in [-0.2, -0.15) is 0 Å². The number of carbonyl (C=O) groups is 1. The second-order valence-corrected chi connectivity index (χ2v) is 5.82. The van der Waals surface area contributed by atoms with E-state index in [0.29, 0.717) is 6.54 Å². The summed E-state index contributed by atoms with van der Waals surface area (Å²) in [6.45, 7) is 0.717. The summed E-state index contributed by atoms with van der Waals surface area (Å²) in [5.41, 5.74) is 3.99. The summed E-state index contributed by atoms with van der Waals surface area (Å²) in [6.07, 6.45) is 0.902. The first-order valence-corrected chi connectivity index (χ1v) is 8.14. The maximum atomic E-state index is 13.4. The molecule has 0 radical (unpaired) electrons. The van der Waals surface area contributed by atoms with Crippen LogP contribution in [0.1, 0.15) is 5.56 Å². The maximum Gasteiger partial charge on any atom is 0.333 e. The summed E-state index contributed by atoms with van der Waals surface area (Å²) in [7, 11) is 0. The Morgan fingerprint density at radius 3 is 1.92 bits per heavy atom. The molecule has 4 rings (SSSR count). The summed E-state index contributed by atoms with van der Waals surface area (Å²) in [6, 6.07) is 27.7. The lowest BCUT2D eigenvalue weighted by Crippen LogP contribution is -2.40. The van der Waals surface area contributed by atoms with Gasteiger partial charge in [-0.15, -0.1) is 0 Å². The highest BCUT2D eigenvalue weighted by Crippen LogP contribution is 2.32. The number of urea groups is 1. The Morgan fingerprint density at radius 1 is 0.750 bits per heavy atom. The minimum absolute atomic E-state index is 0.0163. The van der Waals surface area contributed by atoms with Crippen LogP contribution in [-0.4, -0.2) is 12.6 Å². The minimum Gasteiger partial charge on any atom is -0.293 e. The molecule has 3 heteroatoms. The fourth-order valence-corrected chi connectivity index (χ4v) is 3.18. The van der Waals surface area contributed by atoms with Gasteiger partial charge in [0.1, 0.15) is 0 Å². The maximum absolute atomic E-state index is 13.4. The highest BCUT2D eigenvalue weighted by atomic mass is 16.2. The average molecular weight is 314 g/mol. The van der Waals surface area contributed by atoms with Crippen LogP contribution in [0.25, 0.3) is 0 Å². The van der Waals surface area contributed by atoms with Crippen molar-refractivity contribution in [3.8, 4) is 0 Å². The van der Waals surface area contributed by atoms with E-state index in [1.54, 1.807) is 4.90 Å². The minimum atomic E-state index is -0.0163. The molecule has 0 aliphatic carbocycles. The predicted octanol–water partition coefficient (Wildman–Crippen LogP) is 5.01. The first-order chi connectivity index (χ1) is 11.8. The van der Waals surface area contributed by atoms with Gasteiger partial charge < -0.3 is 0 Å². The Kier molecular flexibility index (Phi) is 3.75. The highest BCUT2D eigenvalue weighted by molar-refractivity contribution is 6.09. The topological polar surface area (TPSA) is 23.6 Å². The molecule has 3 aromatic rings. The van der Waals surface area contributed by atoms with E-state index in [1.807, 2.05) is 83.8 Å². The smallest absolute Gasteiger partial charge is 0.293 e. The van der Waals surface area contributed by atoms with Gasteiger partial charge >= 0.3 is 6.03 Å². The average Bonchev–Trinajstić information content (AvgIpc) is 3.08. The van der Waals surface area contributed by atoms with Crippen molar-refractivity contribution in [3.63, 3.8) is 0 Å². The second kappa shape index (κ2) is 6.20. The number of fused-ring (bicyclic) bond motifs is 1. The highest BCUT2D eigenvalue weighted by Gasteiger charge is 2.29. The predicted molar refractivity (Wildman–Crippen MR) is 97.9 cm³/mol. The Hall–Kier alpha value is -3.07. The fourth-order valence-electron chi connectivity index (χ4n) is 3.18. The Morgan fingerprint density at radius 2 is 1.29 bits per heavy atom. The lowest BCUT2D eigenvalue weighted by Gasteiger charge is -2.28. The molecule has 118 valence electrons. The van der Waals surface area contributed by atoms with Gasteiger partial charge in [-0.25, -0.2) is 4.79 Å². The van der Waals surface area contributed by atoms with Crippen molar-refractivity contribution in [1.29, 1.82) is 0 Å². The number of hydrogen-bond donors (Lipinski definition) is 0. The van der Waals surface area contributed by atoms with Crippen molar-refractivity contribution in [2.24, 2.45) is 0 Å². The van der Waals surface area contributed by atoms with Crippen LogP contribution in [0.2, 0.25) is 0 Å². The van der Waals surface area contributed by atoms with Gasteiger partial charge in [-0.05, 0) is 42.3 Å². The third-order valence-electron chi connectivity index (χ3n) is 4.34. The van der Waals surface area contributed by atoms with Crippen molar-refractivity contribution in [2.75, 3.05) is 16.3 Å². The number of para-hydroxylation sites is 3. The van der Waals surface area contributed by atoms with Crippen molar-refractivity contribution in [3.05, 3.63) is 90.5 Å². The molecule has 0 atom stereocenters. The SMILES string of the molecule is O=C(N1CCc2ccccc21)N(c1ccccc1)c1ccccc1. The van der Waals surface area contributed by atoms with Crippen LogP contribution in [0, 0.1) is 0 Å². The van der Waals surface area contributed by atoms with E-state index in [2.05, 4.69) is 6.07 Å². The Bertz CT molecular complexity index is 806. The lowest BCUT2D eigenvalue weighted by atomic mass is 10.2.